The zero-order valence-corrected chi connectivity index (χ0v) is 13.8. The van der Waals surface area contributed by atoms with Crippen molar-refractivity contribution in [3.8, 4) is 0 Å². The van der Waals surface area contributed by atoms with Gasteiger partial charge in [0.15, 0.2) is 0 Å². The molecular formula is C14H23N3O2S2. The Hall–Kier alpha value is -0.470. The van der Waals surface area contributed by atoms with Gasteiger partial charge in [-0.3, -0.25) is 4.90 Å². The zero-order valence-electron chi connectivity index (χ0n) is 12.2. The molecule has 2 N–H and O–H groups in total. The molecule has 21 heavy (non-hydrogen) atoms. The Balaban J connectivity index is 1.73. The van der Waals surface area contributed by atoms with Crippen molar-refractivity contribution in [2.75, 3.05) is 26.2 Å². The molecule has 2 aliphatic heterocycles. The molecule has 5 nitrogen and oxygen atoms in total. The third-order valence-electron chi connectivity index (χ3n) is 4.54. The van der Waals surface area contributed by atoms with Crippen molar-refractivity contribution in [2.45, 2.75) is 43.2 Å². The smallest absolute Gasteiger partial charge is 0.244 e. The van der Waals surface area contributed by atoms with Crippen LogP contribution < -0.4 is 5.73 Å². The van der Waals surface area contributed by atoms with E-state index >= 15 is 0 Å². The van der Waals surface area contributed by atoms with Gasteiger partial charge in [0.1, 0.15) is 0 Å². The summed E-state index contributed by atoms with van der Waals surface area (Å²) in [5.74, 6) is 0. The Bertz CT molecular complexity index is 579. The molecule has 2 fully saturated rings. The normalized spacial score (nSPS) is 25.5. The molecule has 2 aliphatic rings. The molecule has 0 aliphatic carbocycles. The molecule has 1 atom stereocenters. The van der Waals surface area contributed by atoms with Crippen LogP contribution in [0.3, 0.4) is 0 Å². The van der Waals surface area contributed by atoms with E-state index in [1.54, 1.807) is 10.4 Å². The van der Waals surface area contributed by atoms with Crippen LogP contribution in [0.4, 0.5) is 0 Å². The number of nitrogens with zero attached hydrogens (tertiary/aromatic N) is 2. The minimum absolute atomic E-state index is 0.287. The van der Waals surface area contributed by atoms with Crippen LogP contribution >= 0.6 is 11.3 Å². The number of likely N-dealkylation sites (tertiary alicyclic amines) is 1. The molecule has 0 spiro atoms. The number of sulfonamides is 1. The fourth-order valence-electron chi connectivity index (χ4n) is 3.36. The Kier molecular flexibility index (Phi) is 4.66. The number of rotatable bonds is 4. The van der Waals surface area contributed by atoms with Gasteiger partial charge in [0.05, 0.1) is 4.90 Å². The first kappa shape index (κ1) is 15.4. The first-order valence-electron chi connectivity index (χ1n) is 7.63. The van der Waals surface area contributed by atoms with E-state index in [9.17, 15) is 8.42 Å². The molecule has 0 radical (unpaired) electrons. The molecule has 1 unspecified atom stereocenters. The van der Waals surface area contributed by atoms with E-state index in [1.807, 2.05) is 5.38 Å². The molecule has 2 saturated heterocycles. The molecule has 1 aromatic rings. The number of piperidine rings is 1. The van der Waals surface area contributed by atoms with E-state index < -0.39 is 10.0 Å². The average molecular weight is 329 g/mol. The van der Waals surface area contributed by atoms with Crippen molar-refractivity contribution in [1.82, 2.24) is 9.21 Å². The summed E-state index contributed by atoms with van der Waals surface area (Å²) in [6, 6.07) is 2.08. The second-order valence-corrected chi connectivity index (χ2v) is 8.72. The van der Waals surface area contributed by atoms with Crippen molar-refractivity contribution in [3.63, 3.8) is 0 Å². The minimum Gasteiger partial charge on any atom is -0.326 e. The fourth-order valence-corrected chi connectivity index (χ4v) is 6.16. The van der Waals surface area contributed by atoms with Crippen LogP contribution in [0, 0.1) is 0 Å². The van der Waals surface area contributed by atoms with Crippen molar-refractivity contribution in [2.24, 2.45) is 5.73 Å². The van der Waals surface area contributed by atoms with E-state index in [0.29, 0.717) is 24.0 Å². The molecule has 7 heteroatoms. The van der Waals surface area contributed by atoms with Crippen molar-refractivity contribution in [3.05, 3.63) is 16.3 Å². The number of hydrogen-bond donors (Lipinski definition) is 1. The van der Waals surface area contributed by atoms with Gasteiger partial charge < -0.3 is 5.73 Å². The van der Waals surface area contributed by atoms with Crippen LogP contribution in [0.25, 0.3) is 0 Å². The van der Waals surface area contributed by atoms with Crippen LogP contribution in [0.1, 0.15) is 30.6 Å². The maximum absolute atomic E-state index is 12.8. The summed E-state index contributed by atoms with van der Waals surface area (Å²) in [4.78, 5) is 3.64. The van der Waals surface area contributed by atoms with Gasteiger partial charge in [-0.2, -0.15) is 4.31 Å². The highest BCUT2D eigenvalue weighted by atomic mass is 32.2. The van der Waals surface area contributed by atoms with Crippen LogP contribution in [-0.4, -0.2) is 49.8 Å². The minimum atomic E-state index is -3.37. The van der Waals surface area contributed by atoms with Crippen LogP contribution in [0.2, 0.25) is 0 Å². The second kappa shape index (κ2) is 6.34. The average Bonchev–Trinajstić information content (AvgIpc) is 3.17. The molecule has 0 saturated carbocycles. The number of thiophene rings is 1. The number of hydrogen-bond acceptors (Lipinski definition) is 5. The van der Waals surface area contributed by atoms with Gasteiger partial charge in [-0.25, -0.2) is 8.42 Å². The predicted molar refractivity (Wildman–Crippen MR) is 84.8 cm³/mol. The summed E-state index contributed by atoms with van der Waals surface area (Å²) in [5.41, 5.74) is 5.65. The first-order chi connectivity index (χ1) is 10.1. The lowest BCUT2D eigenvalue weighted by atomic mass is 10.1. The van der Waals surface area contributed by atoms with E-state index in [2.05, 4.69) is 4.90 Å². The molecule has 3 heterocycles. The zero-order chi connectivity index (χ0) is 14.9. The third kappa shape index (κ3) is 3.03. The summed E-state index contributed by atoms with van der Waals surface area (Å²) >= 11 is 1.42. The Morgan fingerprint density at radius 1 is 1.24 bits per heavy atom. The monoisotopic (exact) mass is 329 g/mol. The van der Waals surface area contributed by atoms with Crippen molar-refractivity contribution in [1.29, 1.82) is 0 Å². The van der Waals surface area contributed by atoms with E-state index in [1.165, 1.54) is 30.6 Å². The van der Waals surface area contributed by atoms with Crippen LogP contribution in [0.15, 0.2) is 16.3 Å². The van der Waals surface area contributed by atoms with Crippen molar-refractivity contribution >= 4 is 21.4 Å². The maximum Gasteiger partial charge on any atom is 0.244 e. The first-order valence-corrected chi connectivity index (χ1v) is 9.95. The lowest BCUT2D eigenvalue weighted by molar-refractivity contribution is 0.169. The van der Waals surface area contributed by atoms with E-state index in [4.69, 9.17) is 5.73 Å². The van der Waals surface area contributed by atoms with E-state index in [-0.39, 0.29) is 6.54 Å². The van der Waals surface area contributed by atoms with Crippen LogP contribution in [0.5, 0.6) is 0 Å². The second-order valence-electron chi connectivity index (χ2n) is 5.81. The lowest BCUT2D eigenvalue weighted by Gasteiger charge is -2.32. The summed E-state index contributed by atoms with van der Waals surface area (Å²) in [7, 11) is -3.37. The largest absolute Gasteiger partial charge is 0.326 e. The molecule has 118 valence electrons. The SMILES string of the molecule is NCc1sccc1S(=O)(=O)N1CCC(N2CCCCC2)C1. The quantitative estimate of drug-likeness (QED) is 0.908. The molecule has 0 aromatic carbocycles. The summed E-state index contributed by atoms with van der Waals surface area (Å²) in [6.45, 7) is 3.78. The Morgan fingerprint density at radius 3 is 2.71 bits per heavy atom. The summed E-state index contributed by atoms with van der Waals surface area (Å²) in [5, 5.41) is 1.81. The maximum atomic E-state index is 12.8. The van der Waals surface area contributed by atoms with Crippen LogP contribution in [-0.2, 0) is 16.6 Å². The lowest BCUT2D eigenvalue weighted by Crippen LogP contribution is -2.41. The van der Waals surface area contributed by atoms with Gasteiger partial charge in [-0.1, -0.05) is 6.42 Å². The number of nitrogens with two attached hydrogens (primary N) is 1. The Morgan fingerprint density at radius 2 is 2.00 bits per heavy atom. The highest BCUT2D eigenvalue weighted by molar-refractivity contribution is 7.89. The van der Waals surface area contributed by atoms with Gasteiger partial charge in [0.25, 0.3) is 0 Å². The summed E-state index contributed by atoms with van der Waals surface area (Å²) < 4.78 is 27.2. The molecule has 0 bridgehead atoms. The standard InChI is InChI=1S/C14H23N3O2S2/c15-10-13-14(5-9-20-13)21(18,19)17-8-4-12(11-17)16-6-2-1-3-7-16/h5,9,12H,1-4,6-8,10-11,15H2. The van der Waals surface area contributed by atoms with Gasteiger partial charge in [0, 0.05) is 30.6 Å². The molecular weight excluding hydrogens is 306 g/mol. The Labute approximate surface area is 130 Å². The summed E-state index contributed by atoms with van der Waals surface area (Å²) in [6.07, 6.45) is 4.73. The van der Waals surface area contributed by atoms with E-state index in [0.717, 1.165) is 24.4 Å². The highest BCUT2D eigenvalue weighted by Crippen LogP contribution is 2.29. The van der Waals surface area contributed by atoms with Gasteiger partial charge in [-0.05, 0) is 43.8 Å². The van der Waals surface area contributed by atoms with Gasteiger partial charge in [0.2, 0.25) is 10.0 Å². The topological polar surface area (TPSA) is 66.6 Å². The van der Waals surface area contributed by atoms with Gasteiger partial charge >= 0.3 is 0 Å². The van der Waals surface area contributed by atoms with Crippen molar-refractivity contribution < 1.29 is 8.42 Å². The van der Waals surface area contributed by atoms with Gasteiger partial charge in [-0.15, -0.1) is 11.3 Å². The molecule has 3 rings (SSSR count). The predicted octanol–water partition coefficient (Wildman–Crippen LogP) is 1.46. The fraction of sp³-hybridized carbons (Fsp3) is 0.714. The highest BCUT2D eigenvalue weighted by Gasteiger charge is 2.36. The molecule has 0 amide bonds. The molecule has 1 aromatic heterocycles. The third-order valence-corrected chi connectivity index (χ3v) is 7.56.